The van der Waals surface area contributed by atoms with Crippen LogP contribution in [0.4, 0.5) is 0 Å². The van der Waals surface area contributed by atoms with Crippen molar-refractivity contribution >= 4 is 0 Å². The molecule has 3 N–H and O–H groups in total. The molecule has 1 fully saturated rings. The fraction of sp³-hybridized carbons (Fsp3) is 1.00. The smallest absolute Gasteiger partial charge is 0.0332 e. The van der Waals surface area contributed by atoms with Crippen LogP contribution >= 0.6 is 0 Å². The SMILES string of the molecule is CCC1CCCC1(CN)NCC(C)C. The molecule has 2 unspecified atom stereocenters. The largest absolute Gasteiger partial charge is 0.329 e. The predicted molar refractivity (Wildman–Crippen MR) is 62.3 cm³/mol. The van der Waals surface area contributed by atoms with Crippen molar-refractivity contribution in [2.45, 2.75) is 52.0 Å². The van der Waals surface area contributed by atoms with Gasteiger partial charge < -0.3 is 11.1 Å². The van der Waals surface area contributed by atoms with E-state index in [2.05, 4.69) is 26.1 Å². The van der Waals surface area contributed by atoms with Gasteiger partial charge in [-0.3, -0.25) is 0 Å². The Kier molecular flexibility index (Phi) is 4.39. The van der Waals surface area contributed by atoms with E-state index in [1.807, 2.05) is 0 Å². The standard InChI is InChI=1S/C12H26N2/c1-4-11-6-5-7-12(11,9-13)14-8-10(2)3/h10-11,14H,4-9,13H2,1-3H3. The minimum absolute atomic E-state index is 0.263. The van der Waals surface area contributed by atoms with E-state index >= 15 is 0 Å². The van der Waals surface area contributed by atoms with E-state index in [0.29, 0.717) is 0 Å². The van der Waals surface area contributed by atoms with E-state index in [-0.39, 0.29) is 5.54 Å². The second-order valence-corrected chi connectivity index (χ2v) is 5.13. The van der Waals surface area contributed by atoms with Gasteiger partial charge in [-0.25, -0.2) is 0 Å². The van der Waals surface area contributed by atoms with E-state index < -0.39 is 0 Å². The first-order valence-corrected chi connectivity index (χ1v) is 6.09. The summed E-state index contributed by atoms with van der Waals surface area (Å²) in [5.41, 5.74) is 6.22. The maximum atomic E-state index is 5.96. The van der Waals surface area contributed by atoms with Crippen LogP contribution in [0.15, 0.2) is 0 Å². The van der Waals surface area contributed by atoms with Crippen molar-refractivity contribution in [1.82, 2.24) is 5.32 Å². The lowest BCUT2D eigenvalue weighted by atomic mass is 9.84. The highest BCUT2D eigenvalue weighted by Crippen LogP contribution is 2.37. The quantitative estimate of drug-likeness (QED) is 0.710. The Hall–Kier alpha value is -0.0800. The van der Waals surface area contributed by atoms with E-state index in [1.54, 1.807) is 0 Å². The van der Waals surface area contributed by atoms with Crippen molar-refractivity contribution in [2.75, 3.05) is 13.1 Å². The molecule has 1 saturated carbocycles. The van der Waals surface area contributed by atoms with Gasteiger partial charge in [0.25, 0.3) is 0 Å². The van der Waals surface area contributed by atoms with Gasteiger partial charge in [0.1, 0.15) is 0 Å². The van der Waals surface area contributed by atoms with E-state index in [4.69, 9.17) is 5.73 Å². The molecule has 1 rings (SSSR count). The van der Waals surface area contributed by atoms with Crippen molar-refractivity contribution in [2.24, 2.45) is 17.6 Å². The summed E-state index contributed by atoms with van der Waals surface area (Å²) >= 11 is 0. The molecule has 0 bridgehead atoms. The van der Waals surface area contributed by atoms with E-state index in [0.717, 1.165) is 24.9 Å². The molecule has 0 heterocycles. The average Bonchev–Trinajstić information content (AvgIpc) is 2.58. The Morgan fingerprint density at radius 1 is 1.50 bits per heavy atom. The summed E-state index contributed by atoms with van der Waals surface area (Å²) in [5.74, 6) is 1.52. The molecule has 2 heteroatoms. The highest BCUT2D eigenvalue weighted by atomic mass is 15.0. The van der Waals surface area contributed by atoms with Gasteiger partial charge in [-0.15, -0.1) is 0 Å². The van der Waals surface area contributed by atoms with Gasteiger partial charge in [-0.05, 0) is 31.2 Å². The highest BCUT2D eigenvalue weighted by Gasteiger charge is 2.39. The first-order chi connectivity index (χ1) is 6.64. The Morgan fingerprint density at radius 2 is 2.21 bits per heavy atom. The molecular weight excluding hydrogens is 172 g/mol. The van der Waals surface area contributed by atoms with Crippen LogP contribution in [0.25, 0.3) is 0 Å². The molecule has 0 radical (unpaired) electrons. The van der Waals surface area contributed by atoms with Gasteiger partial charge >= 0.3 is 0 Å². The van der Waals surface area contributed by atoms with Crippen LogP contribution in [-0.2, 0) is 0 Å². The molecule has 14 heavy (non-hydrogen) atoms. The maximum Gasteiger partial charge on any atom is 0.0332 e. The molecule has 84 valence electrons. The first-order valence-electron chi connectivity index (χ1n) is 6.09. The lowest BCUT2D eigenvalue weighted by Crippen LogP contribution is -2.54. The first kappa shape index (κ1) is 12.0. The van der Waals surface area contributed by atoms with Crippen LogP contribution in [0.5, 0.6) is 0 Å². The summed E-state index contributed by atoms with van der Waals surface area (Å²) in [5, 5.41) is 3.72. The predicted octanol–water partition coefficient (Wildman–Crippen LogP) is 2.14. The van der Waals surface area contributed by atoms with Gasteiger partial charge in [-0.2, -0.15) is 0 Å². The van der Waals surface area contributed by atoms with Crippen LogP contribution in [0.3, 0.4) is 0 Å². The second kappa shape index (κ2) is 5.13. The third kappa shape index (κ3) is 2.48. The van der Waals surface area contributed by atoms with Gasteiger partial charge in [0.2, 0.25) is 0 Å². The number of rotatable bonds is 5. The Labute approximate surface area is 88.6 Å². The van der Waals surface area contributed by atoms with Gasteiger partial charge in [0, 0.05) is 12.1 Å². The molecule has 1 aliphatic rings. The number of nitrogens with one attached hydrogen (secondary N) is 1. The monoisotopic (exact) mass is 198 g/mol. The molecule has 0 amide bonds. The minimum atomic E-state index is 0.263. The van der Waals surface area contributed by atoms with E-state index in [1.165, 1.54) is 25.7 Å². The van der Waals surface area contributed by atoms with Crippen LogP contribution < -0.4 is 11.1 Å². The zero-order valence-electron chi connectivity index (χ0n) is 9.97. The van der Waals surface area contributed by atoms with Crippen molar-refractivity contribution in [3.8, 4) is 0 Å². The van der Waals surface area contributed by atoms with Crippen LogP contribution in [0.2, 0.25) is 0 Å². The fourth-order valence-electron chi connectivity index (χ4n) is 2.72. The number of nitrogens with two attached hydrogens (primary N) is 1. The summed E-state index contributed by atoms with van der Waals surface area (Å²) in [6.07, 6.45) is 5.25. The summed E-state index contributed by atoms with van der Waals surface area (Å²) in [6.45, 7) is 8.71. The highest BCUT2D eigenvalue weighted by molar-refractivity contribution is 4.99. The lowest BCUT2D eigenvalue weighted by Gasteiger charge is -2.36. The van der Waals surface area contributed by atoms with Gasteiger partial charge in [0.15, 0.2) is 0 Å². The minimum Gasteiger partial charge on any atom is -0.329 e. The molecule has 0 aliphatic heterocycles. The normalized spacial score (nSPS) is 32.8. The molecule has 0 aromatic carbocycles. The summed E-state index contributed by atoms with van der Waals surface area (Å²) in [6, 6.07) is 0. The van der Waals surface area contributed by atoms with Crippen LogP contribution in [0, 0.1) is 11.8 Å². The third-order valence-corrected chi connectivity index (χ3v) is 3.68. The summed E-state index contributed by atoms with van der Waals surface area (Å²) in [7, 11) is 0. The molecule has 0 spiro atoms. The van der Waals surface area contributed by atoms with Crippen LogP contribution in [0.1, 0.15) is 46.5 Å². The molecule has 1 aliphatic carbocycles. The van der Waals surface area contributed by atoms with Crippen LogP contribution in [-0.4, -0.2) is 18.6 Å². The Balaban J connectivity index is 2.55. The third-order valence-electron chi connectivity index (χ3n) is 3.68. The Morgan fingerprint density at radius 3 is 2.71 bits per heavy atom. The molecule has 0 aromatic heterocycles. The lowest BCUT2D eigenvalue weighted by molar-refractivity contribution is 0.236. The second-order valence-electron chi connectivity index (χ2n) is 5.13. The zero-order chi connectivity index (χ0) is 10.6. The molecular formula is C12H26N2. The summed E-state index contributed by atoms with van der Waals surface area (Å²) in [4.78, 5) is 0. The number of hydrogen-bond acceptors (Lipinski definition) is 2. The van der Waals surface area contributed by atoms with Crippen molar-refractivity contribution in [3.63, 3.8) is 0 Å². The molecule has 0 aromatic rings. The Bertz CT molecular complexity index is 168. The van der Waals surface area contributed by atoms with E-state index in [9.17, 15) is 0 Å². The summed E-state index contributed by atoms with van der Waals surface area (Å²) < 4.78 is 0. The molecule has 2 nitrogen and oxygen atoms in total. The molecule has 2 atom stereocenters. The average molecular weight is 198 g/mol. The van der Waals surface area contributed by atoms with Crippen molar-refractivity contribution in [3.05, 3.63) is 0 Å². The number of hydrogen-bond donors (Lipinski definition) is 2. The maximum absolute atomic E-state index is 5.96. The van der Waals surface area contributed by atoms with Crippen molar-refractivity contribution < 1.29 is 0 Å². The van der Waals surface area contributed by atoms with Gasteiger partial charge in [-0.1, -0.05) is 33.6 Å². The zero-order valence-corrected chi connectivity index (χ0v) is 9.97. The van der Waals surface area contributed by atoms with Crippen molar-refractivity contribution in [1.29, 1.82) is 0 Å². The van der Waals surface area contributed by atoms with Gasteiger partial charge in [0.05, 0.1) is 0 Å². The topological polar surface area (TPSA) is 38.0 Å². The molecule has 0 saturated heterocycles. The fourth-order valence-corrected chi connectivity index (χ4v) is 2.72.